The molecule has 1 aliphatic carbocycles. The van der Waals surface area contributed by atoms with Crippen LogP contribution in [0.3, 0.4) is 0 Å². The van der Waals surface area contributed by atoms with Crippen LogP contribution in [0, 0.1) is 5.92 Å². The number of nitrogens with one attached hydrogen (secondary N) is 1. The zero-order valence-electron chi connectivity index (χ0n) is 16.2. The first kappa shape index (κ1) is 19.0. The number of anilines is 1. The molecule has 0 unspecified atom stereocenters. The van der Waals surface area contributed by atoms with Gasteiger partial charge in [-0.2, -0.15) is 0 Å². The number of carbonyl (C=O) groups excluding carboxylic acids is 1. The summed E-state index contributed by atoms with van der Waals surface area (Å²) in [6, 6.07) is 11.2. The summed E-state index contributed by atoms with van der Waals surface area (Å²) in [6.45, 7) is 0.674. The van der Waals surface area contributed by atoms with Gasteiger partial charge in [0, 0.05) is 6.20 Å². The Morgan fingerprint density at radius 3 is 2.72 bits per heavy atom. The lowest BCUT2D eigenvalue weighted by Gasteiger charge is -2.22. The summed E-state index contributed by atoms with van der Waals surface area (Å²) < 4.78 is 7.55. The number of benzene rings is 1. The van der Waals surface area contributed by atoms with Crippen LogP contribution in [0.4, 0.5) is 5.82 Å². The van der Waals surface area contributed by atoms with Crippen LogP contribution in [-0.4, -0.2) is 37.7 Å². The molecule has 0 bridgehead atoms. The summed E-state index contributed by atoms with van der Waals surface area (Å²) in [6.07, 6.45) is 9.72. The van der Waals surface area contributed by atoms with Crippen molar-refractivity contribution in [3.8, 4) is 11.4 Å². The van der Waals surface area contributed by atoms with Crippen LogP contribution in [0.1, 0.15) is 37.7 Å². The summed E-state index contributed by atoms with van der Waals surface area (Å²) in [5.74, 6) is 1.55. The largest absolute Gasteiger partial charge is 0.489 e. The molecule has 29 heavy (non-hydrogen) atoms. The van der Waals surface area contributed by atoms with Gasteiger partial charge < -0.3 is 10.1 Å². The molecule has 8 heteroatoms. The van der Waals surface area contributed by atoms with E-state index in [0.29, 0.717) is 24.1 Å². The lowest BCUT2D eigenvalue weighted by Crippen LogP contribution is -2.18. The first-order chi connectivity index (χ1) is 14.3. The van der Waals surface area contributed by atoms with Crippen LogP contribution in [0.25, 0.3) is 5.69 Å². The van der Waals surface area contributed by atoms with E-state index in [2.05, 4.69) is 25.8 Å². The fourth-order valence-corrected chi connectivity index (χ4v) is 3.57. The lowest BCUT2D eigenvalue weighted by molar-refractivity contribution is -0.115. The SMILES string of the molecule is O=C(Cc1ccc(-n2cnnn2)cc1)Nc1ncccc1OCC1CCCCC1. The summed E-state index contributed by atoms with van der Waals surface area (Å²) in [5, 5.41) is 14.0. The second kappa shape index (κ2) is 9.27. The Bertz CT molecular complexity index is 921. The first-order valence-corrected chi connectivity index (χ1v) is 9.98. The van der Waals surface area contributed by atoms with Gasteiger partial charge in [0.2, 0.25) is 5.91 Å². The smallest absolute Gasteiger partial charge is 0.230 e. The molecule has 1 aromatic carbocycles. The summed E-state index contributed by atoms with van der Waals surface area (Å²) in [7, 11) is 0. The number of pyridine rings is 1. The Kier molecular flexibility index (Phi) is 6.09. The van der Waals surface area contributed by atoms with Gasteiger partial charge in [-0.15, -0.1) is 5.10 Å². The van der Waals surface area contributed by atoms with E-state index in [1.807, 2.05) is 36.4 Å². The van der Waals surface area contributed by atoms with Crippen LogP contribution in [-0.2, 0) is 11.2 Å². The number of hydrogen-bond donors (Lipinski definition) is 1. The molecular weight excluding hydrogens is 368 g/mol. The predicted octanol–water partition coefficient (Wildman–Crippen LogP) is 3.20. The third-order valence-corrected chi connectivity index (χ3v) is 5.14. The monoisotopic (exact) mass is 392 g/mol. The van der Waals surface area contributed by atoms with E-state index in [0.717, 1.165) is 11.3 Å². The van der Waals surface area contributed by atoms with Crippen LogP contribution in [0.5, 0.6) is 5.75 Å². The minimum atomic E-state index is -0.138. The molecule has 1 saturated carbocycles. The fraction of sp³-hybridized carbons (Fsp3) is 0.381. The molecule has 1 aliphatic rings. The maximum atomic E-state index is 12.5. The highest BCUT2D eigenvalue weighted by molar-refractivity contribution is 5.92. The van der Waals surface area contributed by atoms with Gasteiger partial charge >= 0.3 is 0 Å². The molecule has 8 nitrogen and oxygen atoms in total. The van der Waals surface area contributed by atoms with Crippen LogP contribution >= 0.6 is 0 Å². The van der Waals surface area contributed by atoms with Gasteiger partial charge in [0.15, 0.2) is 11.6 Å². The normalized spacial score (nSPS) is 14.5. The van der Waals surface area contributed by atoms with Gasteiger partial charge in [0.25, 0.3) is 0 Å². The number of rotatable bonds is 7. The summed E-state index contributed by atoms with van der Waals surface area (Å²) in [4.78, 5) is 16.8. The topological polar surface area (TPSA) is 94.8 Å². The van der Waals surface area contributed by atoms with Crippen molar-refractivity contribution in [3.63, 3.8) is 0 Å². The third kappa shape index (κ3) is 5.16. The van der Waals surface area contributed by atoms with Crippen molar-refractivity contribution in [1.29, 1.82) is 0 Å². The Morgan fingerprint density at radius 2 is 1.97 bits per heavy atom. The molecule has 1 fully saturated rings. The predicted molar refractivity (Wildman–Crippen MR) is 108 cm³/mol. The quantitative estimate of drug-likeness (QED) is 0.663. The molecule has 1 N–H and O–H groups in total. The number of nitrogens with zero attached hydrogens (tertiary/aromatic N) is 5. The number of ether oxygens (including phenoxy) is 1. The van der Waals surface area contributed by atoms with E-state index >= 15 is 0 Å². The Balaban J connectivity index is 1.34. The highest BCUT2D eigenvalue weighted by Crippen LogP contribution is 2.27. The van der Waals surface area contributed by atoms with E-state index in [1.165, 1.54) is 38.4 Å². The van der Waals surface area contributed by atoms with E-state index in [1.54, 1.807) is 10.9 Å². The molecule has 0 saturated heterocycles. The van der Waals surface area contributed by atoms with Gasteiger partial charge in [0.05, 0.1) is 18.7 Å². The highest BCUT2D eigenvalue weighted by atomic mass is 16.5. The van der Waals surface area contributed by atoms with Crippen LogP contribution in [0.2, 0.25) is 0 Å². The Labute approximate surface area is 169 Å². The van der Waals surface area contributed by atoms with Crippen molar-refractivity contribution >= 4 is 11.7 Å². The van der Waals surface area contributed by atoms with Crippen molar-refractivity contribution < 1.29 is 9.53 Å². The van der Waals surface area contributed by atoms with Crippen molar-refractivity contribution in [3.05, 3.63) is 54.5 Å². The van der Waals surface area contributed by atoms with Gasteiger partial charge in [-0.25, -0.2) is 9.67 Å². The van der Waals surface area contributed by atoms with E-state index in [-0.39, 0.29) is 12.3 Å². The Hall–Kier alpha value is -3.29. The molecule has 4 rings (SSSR count). The van der Waals surface area contributed by atoms with Gasteiger partial charge in [-0.3, -0.25) is 4.79 Å². The molecule has 2 aromatic heterocycles. The average Bonchev–Trinajstić information content (AvgIpc) is 3.29. The molecule has 3 aromatic rings. The van der Waals surface area contributed by atoms with E-state index in [9.17, 15) is 4.79 Å². The van der Waals surface area contributed by atoms with Crippen LogP contribution < -0.4 is 10.1 Å². The van der Waals surface area contributed by atoms with Crippen molar-refractivity contribution in [2.45, 2.75) is 38.5 Å². The Morgan fingerprint density at radius 1 is 1.14 bits per heavy atom. The summed E-state index contributed by atoms with van der Waals surface area (Å²) >= 11 is 0. The molecule has 0 radical (unpaired) electrons. The zero-order chi connectivity index (χ0) is 19.9. The molecule has 0 spiro atoms. The minimum Gasteiger partial charge on any atom is -0.489 e. The lowest BCUT2D eigenvalue weighted by atomic mass is 9.90. The fourth-order valence-electron chi connectivity index (χ4n) is 3.57. The molecule has 150 valence electrons. The van der Waals surface area contributed by atoms with Gasteiger partial charge in [0.1, 0.15) is 6.33 Å². The number of aromatic nitrogens is 5. The van der Waals surface area contributed by atoms with E-state index < -0.39 is 0 Å². The number of carbonyl (C=O) groups is 1. The minimum absolute atomic E-state index is 0.138. The molecular formula is C21H24N6O2. The second-order valence-electron chi connectivity index (χ2n) is 7.31. The number of hydrogen-bond acceptors (Lipinski definition) is 6. The van der Waals surface area contributed by atoms with Gasteiger partial charge in [-0.05, 0) is 59.0 Å². The zero-order valence-corrected chi connectivity index (χ0v) is 16.2. The standard InChI is InChI=1S/C21H24N6O2/c28-20(13-16-8-10-18(11-9-16)27-15-23-25-26-27)24-21-19(7-4-12-22-21)29-14-17-5-2-1-3-6-17/h4,7-12,15,17H,1-3,5-6,13-14H2,(H,22,24,28). The summed E-state index contributed by atoms with van der Waals surface area (Å²) in [5.41, 5.74) is 1.72. The van der Waals surface area contributed by atoms with Crippen molar-refractivity contribution in [2.75, 3.05) is 11.9 Å². The first-order valence-electron chi connectivity index (χ1n) is 9.98. The van der Waals surface area contributed by atoms with Crippen molar-refractivity contribution in [2.24, 2.45) is 5.92 Å². The second-order valence-corrected chi connectivity index (χ2v) is 7.31. The van der Waals surface area contributed by atoms with Crippen molar-refractivity contribution in [1.82, 2.24) is 25.2 Å². The highest BCUT2D eigenvalue weighted by Gasteiger charge is 2.16. The molecule has 2 heterocycles. The number of amides is 1. The average molecular weight is 392 g/mol. The number of tetrazole rings is 1. The molecule has 0 atom stereocenters. The maximum Gasteiger partial charge on any atom is 0.230 e. The third-order valence-electron chi connectivity index (χ3n) is 5.14. The van der Waals surface area contributed by atoms with E-state index in [4.69, 9.17) is 4.74 Å². The van der Waals surface area contributed by atoms with Gasteiger partial charge in [-0.1, -0.05) is 31.4 Å². The molecule has 1 amide bonds. The van der Waals surface area contributed by atoms with Crippen LogP contribution in [0.15, 0.2) is 48.9 Å². The maximum absolute atomic E-state index is 12.5. The molecule has 0 aliphatic heterocycles.